The lowest BCUT2D eigenvalue weighted by Gasteiger charge is -2.14. The largest absolute Gasteiger partial charge is 0.494 e. The van der Waals surface area contributed by atoms with E-state index < -0.39 is 0 Å². The van der Waals surface area contributed by atoms with Gasteiger partial charge >= 0.3 is 0 Å². The van der Waals surface area contributed by atoms with Gasteiger partial charge in [0, 0.05) is 12.9 Å². The van der Waals surface area contributed by atoms with Crippen LogP contribution in [0.15, 0.2) is 46.3 Å². The lowest BCUT2D eigenvalue weighted by atomic mass is 10.2. The van der Waals surface area contributed by atoms with Crippen molar-refractivity contribution in [2.75, 3.05) is 12.4 Å². The molecule has 0 fully saturated rings. The molecule has 3 aromatic rings. The molecule has 3 rings (SSSR count). The highest BCUT2D eigenvalue weighted by atomic mass is 127. The van der Waals surface area contributed by atoms with Crippen LogP contribution in [-0.4, -0.2) is 21.9 Å². The SMILES string of the molecule is CCCSc1nc2c(I)cc(I)cc2c(=O)n1-c1ccc(OCC)cc1. The van der Waals surface area contributed by atoms with Crippen LogP contribution in [0.1, 0.15) is 20.3 Å². The highest BCUT2D eigenvalue weighted by Crippen LogP contribution is 2.26. The summed E-state index contributed by atoms with van der Waals surface area (Å²) in [6.07, 6.45) is 1.02. The van der Waals surface area contributed by atoms with E-state index in [0.717, 1.165) is 41.4 Å². The molecular formula is C19H18I2N2O2S. The first-order chi connectivity index (χ1) is 12.5. The smallest absolute Gasteiger partial charge is 0.266 e. The van der Waals surface area contributed by atoms with Crippen molar-refractivity contribution in [3.63, 3.8) is 0 Å². The topological polar surface area (TPSA) is 44.1 Å². The van der Waals surface area contributed by atoms with Crippen molar-refractivity contribution in [1.29, 1.82) is 0 Å². The average molecular weight is 592 g/mol. The molecule has 0 radical (unpaired) electrons. The van der Waals surface area contributed by atoms with E-state index in [1.807, 2.05) is 43.3 Å². The van der Waals surface area contributed by atoms with Crippen molar-refractivity contribution >= 4 is 67.8 Å². The van der Waals surface area contributed by atoms with Gasteiger partial charge in [-0.05, 0) is 94.9 Å². The second-order valence-corrected chi connectivity index (χ2v) is 9.06. The van der Waals surface area contributed by atoms with E-state index in [9.17, 15) is 4.79 Å². The molecule has 0 saturated heterocycles. The fraction of sp³-hybridized carbons (Fsp3) is 0.263. The van der Waals surface area contributed by atoms with Crippen LogP contribution in [0, 0.1) is 7.14 Å². The molecule has 136 valence electrons. The number of benzene rings is 2. The molecule has 1 aromatic heterocycles. The molecule has 0 saturated carbocycles. The number of fused-ring (bicyclic) bond motifs is 1. The highest BCUT2D eigenvalue weighted by molar-refractivity contribution is 14.1. The summed E-state index contributed by atoms with van der Waals surface area (Å²) in [4.78, 5) is 18.1. The standard InChI is InChI=1S/C19H18I2N2O2S/c1-3-9-26-19-22-17-15(10-12(20)11-16(17)21)18(24)23(19)13-5-7-14(8-6-13)25-4-2/h5-8,10-11H,3-4,9H2,1-2H3. The number of halogens is 2. The van der Waals surface area contributed by atoms with Gasteiger partial charge in [0.2, 0.25) is 0 Å². The predicted molar refractivity (Wildman–Crippen MR) is 125 cm³/mol. The Labute approximate surface area is 184 Å². The lowest BCUT2D eigenvalue weighted by molar-refractivity contribution is 0.340. The Bertz CT molecular complexity index is 987. The van der Waals surface area contributed by atoms with Gasteiger partial charge < -0.3 is 4.74 Å². The minimum absolute atomic E-state index is 0.0332. The summed E-state index contributed by atoms with van der Waals surface area (Å²) >= 11 is 6.11. The lowest BCUT2D eigenvalue weighted by Crippen LogP contribution is -2.22. The number of nitrogens with zero attached hydrogens (tertiary/aromatic N) is 2. The maximum atomic E-state index is 13.3. The van der Waals surface area contributed by atoms with Crippen LogP contribution in [0.4, 0.5) is 0 Å². The first-order valence-electron chi connectivity index (χ1n) is 8.33. The van der Waals surface area contributed by atoms with Crippen LogP contribution < -0.4 is 10.3 Å². The van der Waals surface area contributed by atoms with Gasteiger partial charge in [0.05, 0.1) is 23.2 Å². The molecular weight excluding hydrogens is 574 g/mol. The summed E-state index contributed by atoms with van der Waals surface area (Å²) < 4.78 is 9.26. The van der Waals surface area contributed by atoms with Gasteiger partial charge in [-0.1, -0.05) is 18.7 Å². The van der Waals surface area contributed by atoms with E-state index >= 15 is 0 Å². The average Bonchev–Trinajstić information content (AvgIpc) is 2.62. The van der Waals surface area contributed by atoms with Crippen molar-refractivity contribution in [2.24, 2.45) is 0 Å². The number of rotatable bonds is 6. The monoisotopic (exact) mass is 592 g/mol. The predicted octanol–water partition coefficient (Wildman–Crippen LogP) is 5.50. The van der Waals surface area contributed by atoms with Crippen LogP contribution >= 0.6 is 56.9 Å². The van der Waals surface area contributed by atoms with Crippen LogP contribution in [-0.2, 0) is 0 Å². The summed E-state index contributed by atoms with van der Waals surface area (Å²) in [5.74, 6) is 1.71. The Kier molecular flexibility index (Phi) is 6.84. The summed E-state index contributed by atoms with van der Waals surface area (Å²) in [6.45, 7) is 4.69. The number of ether oxygens (including phenoxy) is 1. The maximum absolute atomic E-state index is 13.3. The Hall–Kier alpha value is -0.810. The Morgan fingerprint density at radius 3 is 2.54 bits per heavy atom. The van der Waals surface area contributed by atoms with E-state index in [2.05, 4.69) is 52.1 Å². The zero-order valence-electron chi connectivity index (χ0n) is 14.5. The summed E-state index contributed by atoms with van der Waals surface area (Å²) in [5, 5.41) is 1.38. The summed E-state index contributed by atoms with van der Waals surface area (Å²) in [6, 6.07) is 11.6. The quantitative estimate of drug-likeness (QED) is 0.216. The molecule has 0 bridgehead atoms. The molecule has 0 amide bonds. The molecule has 0 aliphatic carbocycles. The molecule has 0 aliphatic heterocycles. The molecule has 1 heterocycles. The molecule has 4 nitrogen and oxygen atoms in total. The van der Waals surface area contributed by atoms with E-state index in [0.29, 0.717) is 12.0 Å². The van der Waals surface area contributed by atoms with Crippen LogP contribution in [0.2, 0.25) is 0 Å². The second kappa shape index (κ2) is 8.92. The van der Waals surface area contributed by atoms with Crippen molar-refractivity contribution in [3.8, 4) is 11.4 Å². The minimum atomic E-state index is -0.0332. The number of hydrogen-bond donors (Lipinski definition) is 0. The van der Waals surface area contributed by atoms with E-state index in [1.165, 1.54) is 0 Å². The fourth-order valence-electron chi connectivity index (χ4n) is 2.57. The van der Waals surface area contributed by atoms with Gasteiger partial charge in [-0.25, -0.2) is 4.98 Å². The molecule has 0 atom stereocenters. The minimum Gasteiger partial charge on any atom is -0.494 e. The molecule has 2 aromatic carbocycles. The molecule has 0 N–H and O–H groups in total. The number of thioether (sulfide) groups is 1. The van der Waals surface area contributed by atoms with Crippen molar-refractivity contribution in [1.82, 2.24) is 9.55 Å². The first-order valence-corrected chi connectivity index (χ1v) is 11.5. The van der Waals surface area contributed by atoms with Crippen molar-refractivity contribution in [3.05, 3.63) is 53.9 Å². The van der Waals surface area contributed by atoms with Gasteiger partial charge in [0.1, 0.15) is 5.75 Å². The van der Waals surface area contributed by atoms with E-state index in [1.54, 1.807) is 16.3 Å². The number of hydrogen-bond acceptors (Lipinski definition) is 4. The number of aromatic nitrogens is 2. The molecule has 26 heavy (non-hydrogen) atoms. The third kappa shape index (κ3) is 4.19. The Balaban J connectivity index is 2.24. The third-order valence-electron chi connectivity index (χ3n) is 3.70. The zero-order chi connectivity index (χ0) is 18.7. The molecule has 0 unspecified atom stereocenters. The highest BCUT2D eigenvalue weighted by Gasteiger charge is 2.15. The maximum Gasteiger partial charge on any atom is 0.266 e. The van der Waals surface area contributed by atoms with Crippen molar-refractivity contribution < 1.29 is 4.74 Å². The Morgan fingerprint density at radius 1 is 1.15 bits per heavy atom. The van der Waals surface area contributed by atoms with Crippen LogP contribution in [0.25, 0.3) is 16.6 Å². The van der Waals surface area contributed by atoms with Gasteiger partial charge in [-0.3, -0.25) is 9.36 Å². The van der Waals surface area contributed by atoms with Crippen LogP contribution in [0.5, 0.6) is 5.75 Å². The second-order valence-electron chi connectivity index (χ2n) is 5.59. The summed E-state index contributed by atoms with van der Waals surface area (Å²) in [7, 11) is 0. The fourth-order valence-corrected chi connectivity index (χ4v) is 5.40. The summed E-state index contributed by atoms with van der Waals surface area (Å²) in [5.41, 5.74) is 1.55. The van der Waals surface area contributed by atoms with Crippen LogP contribution in [0.3, 0.4) is 0 Å². The van der Waals surface area contributed by atoms with Gasteiger partial charge in [0.25, 0.3) is 5.56 Å². The zero-order valence-corrected chi connectivity index (χ0v) is 19.6. The van der Waals surface area contributed by atoms with Gasteiger partial charge in [-0.2, -0.15) is 0 Å². The van der Waals surface area contributed by atoms with Crippen molar-refractivity contribution in [2.45, 2.75) is 25.4 Å². The van der Waals surface area contributed by atoms with Gasteiger partial charge in [-0.15, -0.1) is 0 Å². The molecule has 0 aliphatic rings. The first kappa shape index (κ1) is 19.9. The van der Waals surface area contributed by atoms with Gasteiger partial charge in [0.15, 0.2) is 5.16 Å². The molecule has 0 spiro atoms. The Morgan fingerprint density at radius 2 is 1.88 bits per heavy atom. The normalized spacial score (nSPS) is 11.1. The molecule has 7 heteroatoms. The third-order valence-corrected chi connectivity index (χ3v) is 6.29. The van der Waals surface area contributed by atoms with E-state index in [-0.39, 0.29) is 5.56 Å². The van der Waals surface area contributed by atoms with E-state index in [4.69, 9.17) is 9.72 Å².